The third-order valence-corrected chi connectivity index (χ3v) is 2.33. The van der Waals surface area contributed by atoms with Crippen LogP contribution in [0, 0.1) is 0 Å². The molecule has 11 heavy (non-hydrogen) atoms. The summed E-state index contributed by atoms with van der Waals surface area (Å²) in [5.74, 6) is 0. The van der Waals surface area contributed by atoms with Crippen LogP contribution >= 0.6 is 12.6 Å². The summed E-state index contributed by atoms with van der Waals surface area (Å²) in [5, 5.41) is 0. The van der Waals surface area contributed by atoms with Crippen molar-refractivity contribution >= 4 is 12.6 Å². The molecule has 0 bridgehead atoms. The van der Waals surface area contributed by atoms with E-state index < -0.39 is 0 Å². The van der Waals surface area contributed by atoms with Crippen molar-refractivity contribution in [3.05, 3.63) is 23.5 Å². The highest BCUT2D eigenvalue weighted by Gasteiger charge is 2.19. The van der Waals surface area contributed by atoms with Crippen molar-refractivity contribution in [1.29, 1.82) is 0 Å². The van der Waals surface area contributed by atoms with E-state index in [0.29, 0.717) is 0 Å². The highest BCUT2D eigenvalue weighted by molar-refractivity contribution is 7.80. The Morgan fingerprint density at radius 3 is 3.27 bits per heavy atom. The van der Waals surface area contributed by atoms with Gasteiger partial charge in [-0.15, -0.1) is 12.6 Å². The number of aromatic nitrogens is 1. The number of rotatable bonds is 0. The maximum atomic E-state index is 5.84. The summed E-state index contributed by atoms with van der Waals surface area (Å²) in [6.07, 6.45) is 3.82. The first-order valence-electron chi connectivity index (χ1n) is 3.71. The minimum Gasteiger partial charge on any atom is -0.324 e. The number of hydrogen-bond acceptors (Lipinski definition) is 3. The fourth-order valence-electron chi connectivity index (χ4n) is 1.48. The maximum absolute atomic E-state index is 5.84. The van der Waals surface area contributed by atoms with Crippen LogP contribution in [0.25, 0.3) is 0 Å². The average molecular weight is 166 g/mol. The second-order valence-electron chi connectivity index (χ2n) is 2.87. The molecular formula is C8H10N2S. The predicted molar refractivity (Wildman–Crippen MR) is 46.7 cm³/mol. The van der Waals surface area contributed by atoms with Gasteiger partial charge in [-0.3, -0.25) is 4.98 Å². The van der Waals surface area contributed by atoms with Crippen LogP contribution in [-0.4, -0.2) is 4.98 Å². The molecule has 0 saturated heterocycles. The van der Waals surface area contributed by atoms with Crippen molar-refractivity contribution in [3.8, 4) is 0 Å². The van der Waals surface area contributed by atoms with Gasteiger partial charge in [0.25, 0.3) is 0 Å². The van der Waals surface area contributed by atoms with Crippen LogP contribution in [-0.2, 0) is 6.42 Å². The fourth-order valence-corrected chi connectivity index (χ4v) is 1.67. The Kier molecular flexibility index (Phi) is 1.62. The third kappa shape index (κ3) is 1.14. The maximum Gasteiger partial charge on any atom is 0.0452 e. The Morgan fingerprint density at radius 2 is 2.45 bits per heavy atom. The molecule has 3 heteroatoms. The number of pyridine rings is 1. The number of nitrogens with two attached hydrogens (primary N) is 1. The molecule has 58 valence electrons. The molecule has 0 amide bonds. The van der Waals surface area contributed by atoms with E-state index in [1.807, 2.05) is 6.07 Å². The smallest absolute Gasteiger partial charge is 0.0452 e. The van der Waals surface area contributed by atoms with Crippen molar-refractivity contribution in [2.45, 2.75) is 23.8 Å². The zero-order valence-corrected chi connectivity index (χ0v) is 7.01. The Labute approximate surface area is 71.2 Å². The standard InChI is InChI=1S/C8H10N2S/c9-7-1-2-8-6(7)3-5(11)4-10-8/h3-4,7,11H,1-2,9H2. The Balaban J connectivity index is 2.52. The number of aryl methyl sites for hydroxylation is 1. The van der Waals surface area contributed by atoms with E-state index in [0.717, 1.165) is 23.4 Å². The van der Waals surface area contributed by atoms with Gasteiger partial charge in [-0.05, 0) is 24.5 Å². The molecule has 0 saturated carbocycles. The van der Waals surface area contributed by atoms with E-state index in [1.54, 1.807) is 6.20 Å². The molecule has 0 radical (unpaired) electrons. The highest BCUT2D eigenvalue weighted by Crippen LogP contribution is 2.28. The Morgan fingerprint density at radius 1 is 1.64 bits per heavy atom. The second kappa shape index (κ2) is 2.50. The molecule has 1 aliphatic carbocycles. The Hall–Kier alpha value is -0.540. The van der Waals surface area contributed by atoms with Gasteiger partial charge in [0.1, 0.15) is 0 Å². The monoisotopic (exact) mass is 166 g/mol. The van der Waals surface area contributed by atoms with Gasteiger partial charge in [0, 0.05) is 22.8 Å². The molecule has 1 atom stereocenters. The summed E-state index contributed by atoms with van der Waals surface area (Å²) in [7, 11) is 0. The zero-order valence-electron chi connectivity index (χ0n) is 6.12. The van der Waals surface area contributed by atoms with Gasteiger partial charge in [0.05, 0.1) is 0 Å². The van der Waals surface area contributed by atoms with E-state index >= 15 is 0 Å². The van der Waals surface area contributed by atoms with Crippen LogP contribution in [0.5, 0.6) is 0 Å². The molecular weight excluding hydrogens is 156 g/mol. The van der Waals surface area contributed by atoms with Crippen LogP contribution < -0.4 is 5.73 Å². The molecule has 0 aromatic carbocycles. The minimum atomic E-state index is 0.185. The summed E-state index contributed by atoms with van der Waals surface area (Å²) in [6, 6.07) is 2.20. The summed E-state index contributed by atoms with van der Waals surface area (Å²) in [6.45, 7) is 0. The molecule has 0 fully saturated rings. The van der Waals surface area contributed by atoms with E-state index in [1.165, 1.54) is 5.56 Å². The van der Waals surface area contributed by atoms with Crippen LogP contribution in [0.4, 0.5) is 0 Å². The zero-order chi connectivity index (χ0) is 7.84. The van der Waals surface area contributed by atoms with Crippen molar-refractivity contribution < 1.29 is 0 Å². The lowest BCUT2D eigenvalue weighted by Gasteiger charge is -2.03. The summed E-state index contributed by atoms with van der Waals surface area (Å²) in [5.41, 5.74) is 8.17. The molecule has 1 aliphatic rings. The van der Waals surface area contributed by atoms with Crippen LogP contribution in [0.2, 0.25) is 0 Å². The molecule has 2 N–H and O–H groups in total. The van der Waals surface area contributed by atoms with E-state index in [9.17, 15) is 0 Å². The SMILES string of the molecule is NC1CCc2ncc(S)cc21. The van der Waals surface area contributed by atoms with Gasteiger partial charge in [-0.2, -0.15) is 0 Å². The first-order chi connectivity index (χ1) is 5.27. The lowest BCUT2D eigenvalue weighted by molar-refractivity contribution is 0.712. The summed E-state index contributed by atoms with van der Waals surface area (Å²) in [4.78, 5) is 5.16. The van der Waals surface area contributed by atoms with Crippen LogP contribution in [0.1, 0.15) is 23.7 Å². The first-order valence-corrected chi connectivity index (χ1v) is 4.15. The van der Waals surface area contributed by atoms with Gasteiger partial charge < -0.3 is 5.73 Å². The second-order valence-corrected chi connectivity index (χ2v) is 3.39. The normalized spacial score (nSPS) is 21.8. The number of thiol groups is 1. The van der Waals surface area contributed by atoms with Crippen LogP contribution in [0.3, 0.4) is 0 Å². The van der Waals surface area contributed by atoms with Crippen molar-refractivity contribution in [2.24, 2.45) is 5.73 Å². The average Bonchev–Trinajstić information content (AvgIpc) is 2.33. The van der Waals surface area contributed by atoms with E-state index in [4.69, 9.17) is 5.73 Å². The van der Waals surface area contributed by atoms with E-state index in [2.05, 4.69) is 17.6 Å². The molecule has 1 heterocycles. The van der Waals surface area contributed by atoms with Crippen molar-refractivity contribution in [3.63, 3.8) is 0 Å². The third-order valence-electron chi connectivity index (χ3n) is 2.08. The predicted octanol–water partition coefficient (Wildman–Crippen LogP) is 1.32. The lowest BCUT2D eigenvalue weighted by atomic mass is 10.2. The lowest BCUT2D eigenvalue weighted by Crippen LogP contribution is -2.05. The molecule has 1 aromatic heterocycles. The quantitative estimate of drug-likeness (QED) is 0.570. The molecule has 1 aromatic rings. The van der Waals surface area contributed by atoms with Gasteiger partial charge in [-0.25, -0.2) is 0 Å². The topological polar surface area (TPSA) is 38.9 Å². The van der Waals surface area contributed by atoms with Gasteiger partial charge in [-0.1, -0.05) is 0 Å². The number of nitrogens with zero attached hydrogens (tertiary/aromatic N) is 1. The van der Waals surface area contributed by atoms with E-state index in [-0.39, 0.29) is 6.04 Å². The summed E-state index contributed by atoms with van der Waals surface area (Å²) >= 11 is 4.21. The highest BCUT2D eigenvalue weighted by atomic mass is 32.1. The molecule has 0 spiro atoms. The van der Waals surface area contributed by atoms with Crippen molar-refractivity contribution in [2.75, 3.05) is 0 Å². The number of hydrogen-bond donors (Lipinski definition) is 2. The molecule has 2 nitrogen and oxygen atoms in total. The first kappa shape index (κ1) is 7.13. The largest absolute Gasteiger partial charge is 0.324 e. The van der Waals surface area contributed by atoms with Crippen LogP contribution in [0.15, 0.2) is 17.2 Å². The Bertz CT molecular complexity index is 285. The molecule has 2 rings (SSSR count). The van der Waals surface area contributed by atoms with Crippen molar-refractivity contribution in [1.82, 2.24) is 4.98 Å². The minimum absolute atomic E-state index is 0.185. The van der Waals surface area contributed by atoms with Gasteiger partial charge in [0.2, 0.25) is 0 Å². The number of fused-ring (bicyclic) bond motifs is 1. The molecule has 0 aliphatic heterocycles. The fraction of sp³-hybridized carbons (Fsp3) is 0.375. The van der Waals surface area contributed by atoms with Gasteiger partial charge >= 0.3 is 0 Å². The van der Waals surface area contributed by atoms with Gasteiger partial charge in [0.15, 0.2) is 0 Å². The molecule has 1 unspecified atom stereocenters. The summed E-state index contributed by atoms with van der Waals surface area (Å²) < 4.78 is 0.